The topological polar surface area (TPSA) is 64.4 Å². The third kappa shape index (κ3) is 1.75. The first-order valence-electron chi connectivity index (χ1n) is 5.06. The van der Waals surface area contributed by atoms with Crippen molar-refractivity contribution in [2.75, 3.05) is 11.5 Å². The summed E-state index contributed by atoms with van der Waals surface area (Å²) in [5, 5.41) is 0.927. The van der Waals surface area contributed by atoms with E-state index in [1.807, 2.05) is 36.4 Å². The number of nitrogens with zero attached hydrogens (tertiary/aromatic N) is 1. The molecule has 2 aromatic rings. The average Bonchev–Trinajstić information content (AvgIpc) is 2.32. The molecule has 0 aliphatic carbocycles. The van der Waals surface area contributed by atoms with E-state index >= 15 is 0 Å². The molecule has 0 aromatic heterocycles. The van der Waals surface area contributed by atoms with E-state index in [1.54, 1.807) is 0 Å². The molecular formula is C12H10ClN3Se. The van der Waals surface area contributed by atoms with Crippen LogP contribution in [0.1, 0.15) is 0 Å². The van der Waals surface area contributed by atoms with E-state index in [0.29, 0.717) is 0 Å². The molecule has 0 bridgehead atoms. The normalized spacial score (nSPS) is 16.9. The Morgan fingerprint density at radius 1 is 1.00 bits per heavy atom. The average molecular weight is 311 g/mol. The summed E-state index contributed by atoms with van der Waals surface area (Å²) in [6, 6.07) is 11.4. The number of benzene rings is 2. The summed E-state index contributed by atoms with van der Waals surface area (Å²) < 4.78 is 2.12. The van der Waals surface area contributed by atoms with Crippen LogP contribution < -0.4 is 21.3 Å². The van der Waals surface area contributed by atoms with E-state index < -0.39 is 12.6 Å². The number of hydrogen-bond donors (Lipinski definition) is 2. The predicted octanol–water partition coefficient (Wildman–Crippen LogP) is 1.09. The molecule has 1 atom stereocenters. The summed E-state index contributed by atoms with van der Waals surface area (Å²) in [7, 11) is 6.58. The summed E-state index contributed by atoms with van der Waals surface area (Å²) in [5.74, 6) is 0. The Bertz CT molecular complexity index is 740. The minimum atomic E-state index is -1.58. The van der Waals surface area contributed by atoms with Crippen LogP contribution in [0.4, 0.5) is 17.1 Å². The maximum absolute atomic E-state index is 6.58. The second-order valence-corrected chi connectivity index (χ2v) is 8.35. The van der Waals surface area contributed by atoms with Gasteiger partial charge in [0.2, 0.25) is 0 Å². The minimum absolute atomic E-state index is 0.723. The molecule has 0 saturated heterocycles. The van der Waals surface area contributed by atoms with Crippen molar-refractivity contribution < 1.29 is 0 Å². The van der Waals surface area contributed by atoms with E-state index in [0.717, 1.165) is 30.9 Å². The molecule has 4 N–H and O–H groups in total. The molecule has 3 rings (SSSR count). The van der Waals surface area contributed by atoms with Crippen LogP contribution in [-0.4, -0.2) is 12.6 Å². The van der Waals surface area contributed by atoms with Gasteiger partial charge in [-0.05, 0) is 0 Å². The van der Waals surface area contributed by atoms with Crippen LogP contribution in [0.2, 0.25) is 0 Å². The third-order valence-electron chi connectivity index (χ3n) is 2.59. The molecule has 5 heteroatoms. The summed E-state index contributed by atoms with van der Waals surface area (Å²) in [6.07, 6.45) is 0. The Hall–Kier alpha value is -1.35. The summed E-state index contributed by atoms with van der Waals surface area (Å²) in [6.45, 7) is 0. The van der Waals surface area contributed by atoms with Gasteiger partial charge in [-0.1, -0.05) is 0 Å². The van der Waals surface area contributed by atoms with Gasteiger partial charge < -0.3 is 0 Å². The van der Waals surface area contributed by atoms with Crippen molar-refractivity contribution in [2.24, 2.45) is 4.99 Å². The Balaban J connectivity index is 2.44. The Labute approximate surface area is 106 Å². The molecule has 0 fully saturated rings. The maximum atomic E-state index is 6.58. The van der Waals surface area contributed by atoms with Gasteiger partial charge in [-0.2, -0.15) is 0 Å². The van der Waals surface area contributed by atoms with Crippen LogP contribution in [0.25, 0.3) is 0 Å². The zero-order chi connectivity index (χ0) is 12.0. The fourth-order valence-electron chi connectivity index (χ4n) is 1.78. The molecule has 1 unspecified atom stereocenters. The predicted molar refractivity (Wildman–Crippen MR) is 72.6 cm³/mol. The van der Waals surface area contributed by atoms with Gasteiger partial charge >= 0.3 is 106 Å². The summed E-state index contributed by atoms with van der Waals surface area (Å²) in [5.41, 5.74) is 14.0. The SMILES string of the molecule is Nc1ccc2c(c1)[Se](Cl)=c1cc(N)ccc1=N2. The van der Waals surface area contributed by atoms with Gasteiger partial charge in [-0.25, -0.2) is 0 Å². The van der Waals surface area contributed by atoms with E-state index in [9.17, 15) is 0 Å². The molecule has 3 nitrogen and oxygen atoms in total. The van der Waals surface area contributed by atoms with Gasteiger partial charge in [-0.15, -0.1) is 0 Å². The zero-order valence-corrected chi connectivity index (χ0v) is 11.3. The standard InChI is InChI=1S/C12H10ClN3Se/c13-17-11-5-7(14)1-3-9(11)16-10-4-2-8(15)6-12(10)17/h1-6H,14-15H2. The van der Waals surface area contributed by atoms with E-state index in [4.69, 9.17) is 21.6 Å². The Kier molecular flexibility index (Phi) is 2.44. The van der Waals surface area contributed by atoms with Gasteiger partial charge in [-0.3, -0.25) is 0 Å². The van der Waals surface area contributed by atoms with E-state index in [-0.39, 0.29) is 0 Å². The first-order valence-corrected chi connectivity index (χ1v) is 9.03. The number of anilines is 2. The second-order valence-electron chi connectivity index (χ2n) is 3.82. The van der Waals surface area contributed by atoms with Crippen LogP contribution in [0.5, 0.6) is 0 Å². The van der Waals surface area contributed by atoms with Crippen molar-refractivity contribution in [1.82, 2.24) is 0 Å². The number of hydrogen-bond acceptors (Lipinski definition) is 3. The molecule has 1 aliphatic rings. The zero-order valence-electron chi connectivity index (χ0n) is 8.85. The molecule has 1 aliphatic heterocycles. The summed E-state index contributed by atoms with van der Waals surface area (Å²) in [4.78, 5) is 4.58. The number of rotatable bonds is 0. The third-order valence-corrected chi connectivity index (χ3v) is 7.31. The van der Waals surface area contributed by atoms with E-state index in [1.165, 1.54) is 0 Å². The fourth-order valence-corrected chi connectivity index (χ4v) is 5.82. The van der Waals surface area contributed by atoms with Crippen molar-refractivity contribution in [3.05, 3.63) is 45.8 Å². The number of halogens is 1. The first-order chi connectivity index (χ1) is 8.15. The van der Waals surface area contributed by atoms with Crippen molar-refractivity contribution in [2.45, 2.75) is 0 Å². The number of nitrogen functional groups attached to an aromatic ring is 2. The summed E-state index contributed by atoms with van der Waals surface area (Å²) >= 11 is -1.58. The van der Waals surface area contributed by atoms with Crippen molar-refractivity contribution in [1.29, 1.82) is 0 Å². The number of nitrogens with two attached hydrogens (primary N) is 2. The van der Waals surface area contributed by atoms with Crippen LogP contribution in [0, 0.1) is 4.06 Å². The molecule has 0 saturated carbocycles. The van der Waals surface area contributed by atoms with Crippen LogP contribution >= 0.6 is 10.1 Å². The number of fused-ring (bicyclic) bond motifs is 2. The molecule has 86 valence electrons. The molecule has 17 heavy (non-hydrogen) atoms. The van der Waals surface area contributed by atoms with Gasteiger partial charge in [0.15, 0.2) is 0 Å². The second kappa shape index (κ2) is 3.84. The van der Waals surface area contributed by atoms with Gasteiger partial charge in [0.05, 0.1) is 0 Å². The molecule has 0 amide bonds. The van der Waals surface area contributed by atoms with Crippen molar-refractivity contribution in [3.63, 3.8) is 0 Å². The van der Waals surface area contributed by atoms with Gasteiger partial charge in [0.1, 0.15) is 0 Å². The fraction of sp³-hybridized carbons (Fsp3) is 0. The Morgan fingerprint density at radius 2 is 1.71 bits per heavy atom. The van der Waals surface area contributed by atoms with Crippen molar-refractivity contribution in [3.8, 4) is 0 Å². The molecule has 1 heterocycles. The van der Waals surface area contributed by atoms with Gasteiger partial charge in [0.25, 0.3) is 0 Å². The van der Waals surface area contributed by atoms with E-state index in [2.05, 4.69) is 4.99 Å². The first kappa shape index (κ1) is 10.8. The van der Waals surface area contributed by atoms with Crippen LogP contribution in [0.3, 0.4) is 0 Å². The molecule has 0 spiro atoms. The molecule has 2 aromatic carbocycles. The van der Waals surface area contributed by atoms with Crippen molar-refractivity contribution >= 4 is 44.2 Å². The monoisotopic (exact) mass is 311 g/mol. The van der Waals surface area contributed by atoms with Crippen LogP contribution in [0.15, 0.2) is 41.4 Å². The van der Waals surface area contributed by atoms with Gasteiger partial charge in [0, 0.05) is 0 Å². The van der Waals surface area contributed by atoms with Crippen LogP contribution in [-0.2, 0) is 0 Å². The molecule has 0 radical (unpaired) electrons. The quantitative estimate of drug-likeness (QED) is 0.565. The Morgan fingerprint density at radius 3 is 2.53 bits per heavy atom. The molecular weight excluding hydrogens is 301 g/mol.